The molecule has 1 aromatic carbocycles. The second kappa shape index (κ2) is 9.22. The fourth-order valence-electron chi connectivity index (χ4n) is 3.99. The number of amides is 1. The zero-order chi connectivity index (χ0) is 22.0. The smallest absolute Gasteiger partial charge is 0.261 e. The third kappa shape index (κ3) is 4.82. The standard InChI is InChI=1S/C24H30N4O2S/c1-15(2)30-19-10-8-18(9-11-19)14-25-23(29)21-16(3)20-22(28-12-6-5-7-13-28)26-17(4)27-24(20)31-21/h8-11,15H,5-7,12-14H2,1-4H3,(H,25,29). The number of fused-ring (bicyclic) bond motifs is 1. The van der Waals surface area contributed by atoms with Crippen molar-refractivity contribution in [2.75, 3.05) is 18.0 Å². The van der Waals surface area contributed by atoms with Crippen LogP contribution in [0.5, 0.6) is 5.75 Å². The van der Waals surface area contributed by atoms with Crippen LogP contribution in [0.3, 0.4) is 0 Å². The molecule has 1 saturated heterocycles. The molecule has 4 rings (SSSR count). The van der Waals surface area contributed by atoms with Crippen LogP contribution in [0, 0.1) is 13.8 Å². The van der Waals surface area contributed by atoms with Crippen molar-refractivity contribution in [3.63, 3.8) is 0 Å². The van der Waals surface area contributed by atoms with Gasteiger partial charge in [-0.2, -0.15) is 0 Å². The second-order valence-electron chi connectivity index (χ2n) is 8.37. The van der Waals surface area contributed by atoms with Gasteiger partial charge in [-0.05, 0) is 70.2 Å². The molecule has 1 N–H and O–H groups in total. The normalized spacial score (nSPS) is 14.3. The zero-order valence-electron chi connectivity index (χ0n) is 18.7. The lowest BCUT2D eigenvalue weighted by atomic mass is 10.1. The molecule has 1 amide bonds. The molecule has 164 valence electrons. The van der Waals surface area contributed by atoms with Gasteiger partial charge >= 0.3 is 0 Å². The lowest BCUT2D eigenvalue weighted by molar-refractivity contribution is 0.0954. The molecule has 31 heavy (non-hydrogen) atoms. The van der Waals surface area contributed by atoms with E-state index in [1.807, 2.05) is 52.0 Å². The van der Waals surface area contributed by atoms with Gasteiger partial charge in [0.1, 0.15) is 22.2 Å². The third-order valence-corrected chi connectivity index (χ3v) is 6.68. The quantitative estimate of drug-likeness (QED) is 0.586. The van der Waals surface area contributed by atoms with Gasteiger partial charge in [0.05, 0.1) is 16.4 Å². The number of carbonyl (C=O) groups excluding carboxylic acids is 1. The molecule has 1 aliphatic heterocycles. The minimum absolute atomic E-state index is 0.0646. The maximum absolute atomic E-state index is 13.0. The van der Waals surface area contributed by atoms with Gasteiger partial charge in [0, 0.05) is 19.6 Å². The van der Waals surface area contributed by atoms with Gasteiger partial charge in [-0.3, -0.25) is 4.79 Å². The van der Waals surface area contributed by atoms with Crippen LogP contribution >= 0.6 is 11.3 Å². The summed E-state index contributed by atoms with van der Waals surface area (Å²) in [5.41, 5.74) is 2.01. The summed E-state index contributed by atoms with van der Waals surface area (Å²) in [6.07, 6.45) is 3.78. The average Bonchev–Trinajstić information content (AvgIpc) is 3.09. The maximum Gasteiger partial charge on any atom is 0.261 e. The average molecular weight is 439 g/mol. The number of piperidine rings is 1. The molecule has 0 unspecified atom stereocenters. The SMILES string of the molecule is Cc1nc(N2CCCCC2)c2c(C)c(C(=O)NCc3ccc(OC(C)C)cc3)sc2n1. The van der Waals surface area contributed by atoms with Gasteiger partial charge in [-0.15, -0.1) is 11.3 Å². The Morgan fingerprint density at radius 1 is 1.13 bits per heavy atom. The van der Waals surface area contributed by atoms with Crippen molar-refractivity contribution in [2.24, 2.45) is 0 Å². The molecule has 6 nitrogen and oxygen atoms in total. The Morgan fingerprint density at radius 2 is 1.84 bits per heavy atom. The van der Waals surface area contributed by atoms with E-state index >= 15 is 0 Å². The number of anilines is 1. The monoisotopic (exact) mass is 438 g/mol. The summed E-state index contributed by atoms with van der Waals surface area (Å²) in [5.74, 6) is 2.51. The van der Waals surface area contributed by atoms with Crippen LogP contribution in [0.15, 0.2) is 24.3 Å². The van der Waals surface area contributed by atoms with Gasteiger partial charge < -0.3 is 15.0 Å². The number of thiophene rings is 1. The lowest BCUT2D eigenvalue weighted by Crippen LogP contribution is -2.30. The van der Waals surface area contributed by atoms with Crippen molar-refractivity contribution in [3.8, 4) is 5.75 Å². The molecule has 1 aliphatic rings. The van der Waals surface area contributed by atoms with Gasteiger partial charge in [-0.25, -0.2) is 9.97 Å². The fraction of sp³-hybridized carbons (Fsp3) is 0.458. The molecule has 1 fully saturated rings. The van der Waals surface area contributed by atoms with Gasteiger partial charge in [-0.1, -0.05) is 12.1 Å². The molecule has 0 spiro atoms. The molecular weight excluding hydrogens is 408 g/mol. The van der Waals surface area contributed by atoms with E-state index < -0.39 is 0 Å². The Morgan fingerprint density at radius 3 is 2.52 bits per heavy atom. The van der Waals surface area contributed by atoms with Crippen LogP contribution in [0.1, 0.15) is 59.7 Å². The van der Waals surface area contributed by atoms with E-state index in [2.05, 4.69) is 15.2 Å². The molecule has 0 atom stereocenters. The molecule has 3 aromatic rings. The second-order valence-corrected chi connectivity index (χ2v) is 9.37. The Bertz CT molecular complexity index is 1070. The summed E-state index contributed by atoms with van der Waals surface area (Å²) < 4.78 is 5.68. The number of ether oxygens (including phenoxy) is 1. The number of benzene rings is 1. The predicted octanol–water partition coefficient (Wildman–Crippen LogP) is 5.02. The number of aryl methyl sites for hydroxylation is 2. The summed E-state index contributed by atoms with van der Waals surface area (Å²) in [6.45, 7) is 10.4. The summed E-state index contributed by atoms with van der Waals surface area (Å²) >= 11 is 1.46. The van der Waals surface area contributed by atoms with Crippen molar-refractivity contribution in [1.29, 1.82) is 0 Å². The van der Waals surface area contributed by atoms with Crippen LogP contribution in [-0.2, 0) is 6.54 Å². The predicted molar refractivity (Wildman–Crippen MR) is 126 cm³/mol. The first-order valence-electron chi connectivity index (χ1n) is 11.0. The van der Waals surface area contributed by atoms with E-state index in [0.29, 0.717) is 11.4 Å². The molecule has 7 heteroatoms. The number of carbonyl (C=O) groups is 1. The van der Waals surface area contributed by atoms with E-state index in [9.17, 15) is 4.79 Å². The minimum Gasteiger partial charge on any atom is -0.491 e. The number of nitrogens with zero attached hydrogens (tertiary/aromatic N) is 3. The highest BCUT2D eigenvalue weighted by Gasteiger charge is 2.23. The van der Waals surface area contributed by atoms with E-state index in [4.69, 9.17) is 9.72 Å². The first-order chi connectivity index (χ1) is 14.9. The lowest BCUT2D eigenvalue weighted by Gasteiger charge is -2.28. The summed E-state index contributed by atoms with van der Waals surface area (Å²) in [6, 6.07) is 7.85. The Labute approximate surface area is 187 Å². The van der Waals surface area contributed by atoms with E-state index in [1.54, 1.807) is 0 Å². The van der Waals surface area contributed by atoms with Crippen molar-refractivity contribution in [2.45, 2.75) is 59.6 Å². The molecule has 0 aliphatic carbocycles. The Kier molecular flexibility index (Phi) is 6.41. The first-order valence-corrected chi connectivity index (χ1v) is 11.8. The van der Waals surface area contributed by atoms with E-state index in [-0.39, 0.29) is 12.0 Å². The Hall–Kier alpha value is -2.67. The van der Waals surface area contributed by atoms with Gasteiger partial charge in [0.15, 0.2) is 0 Å². The maximum atomic E-state index is 13.0. The van der Waals surface area contributed by atoms with Crippen LogP contribution < -0.4 is 15.0 Å². The number of hydrogen-bond acceptors (Lipinski definition) is 6. The zero-order valence-corrected chi connectivity index (χ0v) is 19.5. The molecule has 2 aromatic heterocycles. The van der Waals surface area contributed by atoms with Crippen molar-refractivity contribution < 1.29 is 9.53 Å². The number of hydrogen-bond donors (Lipinski definition) is 1. The summed E-state index contributed by atoms with van der Waals surface area (Å²) in [4.78, 5) is 26.4. The van der Waals surface area contributed by atoms with Crippen molar-refractivity contribution >= 4 is 33.3 Å². The molecule has 0 saturated carbocycles. The third-order valence-electron chi connectivity index (χ3n) is 5.49. The highest BCUT2D eigenvalue weighted by molar-refractivity contribution is 7.20. The molecular formula is C24H30N4O2S. The topological polar surface area (TPSA) is 67.4 Å². The molecule has 0 bridgehead atoms. The number of aromatic nitrogens is 2. The van der Waals surface area contributed by atoms with E-state index in [1.165, 1.54) is 30.6 Å². The molecule has 3 heterocycles. The van der Waals surface area contributed by atoms with Crippen molar-refractivity contribution in [1.82, 2.24) is 15.3 Å². The van der Waals surface area contributed by atoms with Crippen LogP contribution in [0.2, 0.25) is 0 Å². The van der Waals surface area contributed by atoms with E-state index in [0.717, 1.165) is 51.8 Å². The summed E-state index contributed by atoms with van der Waals surface area (Å²) in [5, 5.41) is 4.09. The van der Waals surface area contributed by atoms with Crippen LogP contribution in [0.4, 0.5) is 5.82 Å². The number of nitrogens with one attached hydrogen (secondary N) is 1. The first kappa shape index (κ1) is 21.6. The van der Waals surface area contributed by atoms with Gasteiger partial charge in [0.25, 0.3) is 5.91 Å². The van der Waals surface area contributed by atoms with Crippen LogP contribution in [-0.4, -0.2) is 35.1 Å². The highest BCUT2D eigenvalue weighted by atomic mass is 32.1. The molecule has 0 radical (unpaired) electrons. The van der Waals surface area contributed by atoms with Crippen LogP contribution in [0.25, 0.3) is 10.2 Å². The van der Waals surface area contributed by atoms with Crippen molar-refractivity contribution in [3.05, 3.63) is 46.1 Å². The number of rotatable bonds is 6. The summed E-state index contributed by atoms with van der Waals surface area (Å²) in [7, 11) is 0. The van der Waals surface area contributed by atoms with Gasteiger partial charge in [0.2, 0.25) is 0 Å². The minimum atomic E-state index is -0.0646. The fourth-order valence-corrected chi connectivity index (χ4v) is 5.13. The highest BCUT2D eigenvalue weighted by Crippen LogP contribution is 2.36. The largest absolute Gasteiger partial charge is 0.491 e. The Balaban J connectivity index is 1.53.